The third kappa shape index (κ3) is 4.80. The Labute approximate surface area is 177 Å². The predicted molar refractivity (Wildman–Crippen MR) is 100 cm³/mol. The second-order valence-corrected chi connectivity index (χ2v) is 6.77. The van der Waals surface area contributed by atoms with Crippen LogP contribution in [0.2, 0.25) is 5.02 Å². The number of carbonyl (C=O) groups excluding carboxylic acids is 1. The Morgan fingerprint density at radius 2 is 1.97 bits per heavy atom. The number of rotatable bonds is 6. The van der Waals surface area contributed by atoms with E-state index in [0.717, 1.165) is 29.2 Å². The van der Waals surface area contributed by atoms with Gasteiger partial charge in [-0.1, -0.05) is 22.9 Å². The normalized spacial score (nSPS) is 12.6. The highest BCUT2D eigenvalue weighted by Gasteiger charge is 2.38. The molecule has 164 valence electrons. The summed E-state index contributed by atoms with van der Waals surface area (Å²) in [6, 6.07) is 2.38. The van der Waals surface area contributed by atoms with Gasteiger partial charge in [-0.15, -0.1) is 5.10 Å². The number of nitrogens with one attached hydrogen (secondary N) is 1. The summed E-state index contributed by atoms with van der Waals surface area (Å²) in [6.45, 7) is 1.16. The Balaban J connectivity index is 1.93. The van der Waals surface area contributed by atoms with E-state index in [4.69, 9.17) is 11.6 Å². The summed E-state index contributed by atoms with van der Waals surface area (Å²) in [5.74, 6) is -1.73. The molecule has 0 saturated carbocycles. The maximum Gasteiger partial charge on any atom is 0.418 e. The Kier molecular flexibility index (Phi) is 6.51. The number of nitrogens with zero attached hydrogens (tertiary/aromatic N) is 5. The summed E-state index contributed by atoms with van der Waals surface area (Å²) >= 11 is 5.67. The lowest BCUT2D eigenvalue weighted by atomic mass is 10.0. The van der Waals surface area contributed by atoms with Gasteiger partial charge in [0.15, 0.2) is 5.82 Å². The first-order chi connectivity index (χ1) is 14.6. The Hall–Kier alpha value is -3.12. The molecule has 3 rings (SSSR count). The van der Waals surface area contributed by atoms with Gasteiger partial charge in [-0.05, 0) is 19.1 Å². The highest BCUT2D eigenvalue weighted by molar-refractivity contribution is 6.32. The molecule has 0 bridgehead atoms. The Morgan fingerprint density at radius 3 is 2.58 bits per heavy atom. The van der Waals surface area contributed by atoms with Crippen molar-refractivity contribution in [3.8, 4) is 5.95 Å². The van der Waals surface area contributed by atoms with Crippen molar-refractivity contribution >= 4 is 17.5 Å². The number of hydrogen-bond donors (Lipinski definition) is 2. The highest BCUT2D eigenvalue weighted by atomic mass is 35.5. The van der Waals surface area contributed by atoms with Gasteiger partial charge in [-0.25, -0.2) is 14.4 Å². The summed E-state index contributed by atoms with van der Waals surface area (Å²) in [7, 11) is 0. The molecule has 0 spiro atoms. The van der Waals surface area contributed by atoms with Gasteiger partial charge < -0.3 is 10.4 Å². The van der Waals surface area contributed by atoms with Gasteiger partial charge in [0.2, 0.25) is 0 Å². The summed E-state index contributed by atoms with van der Waals surface area (Å²) in [6.07, 6.45) is -2.99. The van der Waals surface area contributed by atoms with Crippen LogP contribution in [-0.4, -0.2) is 42.6 Å². The van der Waals surface area contributed by atoms with Gasteiger partial charge in [0, 0.05) is 13.0 Å². The van der Waals surface area contributed by atoms with E-state index in [1.165, 1.54) is 13.0 Å². The first-order valence-corrected chi connectivity index (χ1v) is 9.21. The number of aliphatic hydroxyl groups excluding tert-OH is 1. The van der Waals surface area contributed by atoms with Gasteiger partial charge in [0.25, 0.3) is 11.9 Å². The summed E-state index contributed by atoms with van der Waals surface area (Å²) < 4.78 is 54.3. The van der Waals surface area contributed by atoms with E-state index in [-0.39, 0.29) is 24.7 Å². The zero-order valence-corrected chi connectivity index (χ0v) is 16.6. The molecule has 0 radical (unpaired) electrons. The van der Waals surface area contributed by atoms with Gasteiger partial charge in [-0.2, -0.15) is 17.9 Å². The van der Waals surface area contributed by atoms with Gasteiger partial charge in [-0.3, -0.25) is 4.79 Å². The molecular weight excluding hydrogens is 444 g/mol. The van der Waals surface area contributed by atoms with Gasteiger partial charge in [0.1, 0.15) is 5.69 Å². The smallest absolute Gasteiger partial charge is 0.396 e. The molecule has 31 heavy (non-hydrogen) atoms. The minimum Gasteiger partial charge on any atom is -0.396 e. The number of amides is 1. The van der Waals surface area contributed by atoms with Crippen LogP contribution in [0.1, 0.15) is 40.3 Å². The lowest BCUT2D eigenvalue weighted by molar-refractivity contribution is -0.137. The maximum atomic E-state index is 13.4. The zero-order chi connectivity index (χ0) is 22.8. The van der Waals surface area contributed by atoms with Crippen LogP contribution in [0.25, 0.3) is 5.95 Å². The van der Waals surface area contributed by atoms with Crippen LogP contribution in [0, 0.1) is 5.82 Å². The van der Waals surface area contributed by atoms with Crippen LogP contribution in [0.5, 0.6) is 0 Å². The number of aliphatic hydroxyl groups is 1. The van der Waals surface area contributed by atoms with E-state index in [0.29, 0.717) is 5.69 Å². The Bertz CT molecular complexity index is 1090. The minimum absolute atomic E-state index is 0.0221. The standard InChI is InChI=1S/C18H15ClF4N6O2/c1-9(26-16(31)11-3-2-4-12(19)14(11)18(21,22)23)15-13(5-6-30)29(28-27-15)17-24-7-10(20)8-25-17/h2-4,7-9,30H,5-6H2,1H3,(H,26,31)/t9-/m1/s1. The van der Waals surface area contributed by atoms with Crippen LogP contribution in [0.3, 0.4) is 0 Å². The van der Waals surface area contributed by atoms with E-state index in [2.05, 4.69) is 25.6 Å². The molecule has 1 atom stereocenters. The van der Waals surface area contributed by atoms with Crippen molar-refractivity contribution < 1.29 is 27.5 Å². The van der Waals surface area contributed by atoms with Crippen LogP contribution in [0.15, 0.2) is 30.6 Å². The molecular formula is C18H15ClF4N6O2. The van der Waals surface area contributed by atoms with Crippen molar-refractivity contribution in [1.29, 1.82) is 0 Å². The van der Waals surface area contributed by atoms with E-state index in [1.807, 2.05) is 0 Å². The molecule has 8 nitrogen and oxygen atoms in total. The van der Waals surface area contributed by atoms with Crippen LogP contribution < -0.4 is 5.32 Å². The fourth-order valence-electron chi connectivity index (χ4n) is 2.91. The fourth-order valence-corrected chi connectivity index (χ4v) is 3.19. The molecule has 13 heteroatoms. The molecule has 0 fully saturated rings. The molecule has 2 N–H and O–H groups in total. The molecule has 2 heterocycles. The third-order valence-electron chi connectivity index (χ3n) is 4.24. The first-order valence-electron chi connectivity index (χ1n) is 8.83. The number of benzene rings is 1. The monoisotopic (exact) mass is 458 g/mol. The maximum absolute atomic E-state index is 13.4. The van der Waals surface area contributed by atoms with E-state index < -0.39 is 40.1 Å². The van der Waals surface area contributed by atoms with Crippen molar-refractivity contribution in [3.63, 3.8) is 0 Å². The summed E-state index contributed by atoms with van der Waals surface area (Å²) in [5.41, 5.74) is -1.43. The number of halogens is 5. The molecule has 0 aliphatic rings. The number of alkyl halides is 3. The zero-order valence-electron chi connectivity index (χ0n) is 15.9. The number of aromatic nitrogens is 5. The van der Waals surface area contributed by atoms with Crippen molar-refractivity contribution in [2.75, 3.05) is 6.61 Å². The largest absolute Gasteiger partial charge is 0.418 e. The minimum atomic E-state index is -4.83. The van der Waals surface area contributed by atoms with E-state index >= 15 is 0 Å². The lowest BCUT2D eigenvalue weighted by Gasteiger charge is -2.17. The highest BCUT2D eigenvalue weighted by Crippen LogP contribution is 2.37. The second kappa shape index (κ2) is 8.94. The number of hydrogen-bond acceptors (Lipinski definition) is 6. The molecule has 0 aliphatic carbocycles. The molecule has 0 aliphatic heterocycles. The average Bonchev–Trinajstić information content (AvgIpc) is 3.11. The predicted octanol–water partition coefficient (Wildman–Crippen LogP) is 2.89. The molecule has 1 aromatic carbocycles. The second-order valence-electron chi connectivity index (χ2n) is 6.36. The van der Waals surface area contributed by atoms with Crippen molar-refractivity contribution in [3.05, 3.63) is 63.9 Å². The van der Waals surface area contributed by atoms with Crippen molar-refractivity contribution in [2.24, 2.45) is 0 Å². The van der Waals surface area contributed by atoms with Crippen molar-refractivity contribution in [1.82, 2.24) is 30.3 Å². The van der Waals surface area contributed by atoms with E-state index in [1.54, 1.807) is 0 Å². The first kappa shape index (κ1) is 22.6. The fraction of sp³-hybridized carbons (Fsp3) is 0.278. The topological polar surface area (TPSA) is 106 Å². The van der Waals surface area contributed by atoms with Crippen LogP contribution in [0.4, 0.5) is 17.6 Å². The molecule has 0 unspecified atom stereocenters. The van der Waals surface area contributed by atoms with Crippen LogP contribution in [-0.2, 0) is 12.6 Å². The van der Waals surface area contributed by atoms with Gasteiger partial charge in [0.05, 0.1) is 40.3 Å². The van der Waals surface area contributed by atoms with E-state index in [9.17, 15) is 27.5 Å². The lowest BCUT2D eigenvalue weighted by Crippen LogP contribution is -2.30. The molecule has 2 aromatic heterocycles. The summed E-state index contributed by atoms with van der Waals surface area (Å²) in [4.78, 5) is 20.2. The third-order valence-corrected chi connectivity index (χ3v) is 4.55. The average molecular weight is 459 g/mol. The SMILES string of the molecule is C[C@@H](NC(=O)c1cccc(Cl)c1C(F)(F)F)c1nnn(-c2ncc(F)cn2)c1CCO. The quantitative estimate of drug-likeness (QED) is 0.550. The molecule has 0 saturated heterocycles. The molecule has 3 aromatic rings. The Morgan fingerprint density at radius 1 is 1.29 bits per heavy atom. The molecule has 1 amide bonds. The van der Waals surface area contributed by atoms with Crippen LogP contribution >= 0.6 is 11.6 Å². The summed E-state index contributed by atoms with van der Waals surface area (Å²) in [5, 5.41) is 19.0. The van der Waals surface area contributed by atoms with Crippen molar-refractivity contribution in [2.45, 2.75) is 25.6 Å². The van der Waals surface area contributed by atoms with Gasteiger partial charge >= 0.3 is 6.18 Å². The number of carbonyl (C=O) groups is 1.